The van der Waals surface area contributed by atoms with Gasteiger partial charge < -0.3 is 14.2 Å². The standard InChI is InChI=1S/C19H21NO5S/c1-2-23-15-4-6-16(7-5-15)26(21,22)20-19(9-10-19)14-3-8-17-18(13-14)25-12-11-24-17/h3-8,13,20H,2,9-12H2,1H3. The van der Waals surface area contributed by atoms with E-state index in [-0.39, 0.29) is 4.90 Å². The van der Waals surface area contributed by atoms with Gasteiger partial charge in [-0.2, -0.15) is 0 Å². The Morgan fingerprint density at radius 1 is 1.04 bits per heavy atom. The minimum atomic E-state index is -3.63. The predicted octanol–water partition coefficient (Wildman–Crippen LogP) is 2.82. The number of fused-ring (bicyclic) bond motifs is 1. The van der Waals surface area contributed by atoms with Crippen LogP contribution in [0.5, 0.6) is 17.2 Å². The number of ether oxygens (including phenoxy) is 3. The molecule has 0 saturated heterocycles. The summed E-state index contributed by atoms with van der Waals surface area (Å²) in [4.78, 5) is 0.227. The molecule has 1 aliphatic carbocycles. The van der Waals surface area contributed by atoms with Crippen molar-refractivity contribution in [3.63, 3.8) is 0 Å². The Hall–Kier alpha value is -2.25. The molecule has 2 aromatic carbocycles. The van der Waals surface area contributed by atoms with Crippen LogP contribution in [0.25, 0.3) is 0 Å². The van der Waals surface area contributed by atoms with Gasteiger partial charge in [-0.25, -0.2) is 13.1 Å². The number of hydrogen-bond acceptors (Lipinski definition) is 5. The number of benzene rings is 2. The molecule has 26 heavy (non-hydrogen) atoms. The summed E-state index contributed by atoms with van der Waals surface area (Å²) in [6, 6.07) is 12.1. The molecule has 0 amide bonds. The monoisotopic (exact) mass is 375 g/mol. The number of nitrogens with one attached hydrogen (secondary N) is 1. The van der Waals surface area contributed by atoms with Crippen LogP contribution in [0.3, 0.4) is 0 Å². The highest BCUT2D eigenvalue weighted by Crippen LogP contribution is 2.48. The van der Waals surface area contributed by atoms with Crippen molar-refractivity contribution < 1.29 is 22.6 Å². The van der Waals surface area contributed by atoms with E-state index >= 15 is 0 Å². The van der Waals surface area contributed by atoms with Gasteiger partial charge in [0, 0.05) is 0 Å². The number of sulfonamides is 1. The first-order valence-electron chi connectivity index (χ1n) is 8.69. The molecule has 2 aromatic rings. The van der Waals surface area contributed by atoms with Crippen LogP contribution < -0.4 is 18.9 Å². The van der Waals surface area contributed by atoms with Crippen molar-refractivity contribution in [3.8, 4) is 17.2 Å². The highest BCUT2D eigenvalue weighted by molar-refractivity contribution is 7.89. The molecule has 0 aromatic heterocycles. The Morgan fingerprint density at radius 2 is 1.73 bits per heavy atom. The Kier molecular flexibility index (Phi) is 4.28. The van der Waals surface area contributed by atoms with Gasteiger partial charge in [0.1, 0.15) is 19.0 Å². The number of hydrogen-bond donors (Lipinski definition) is 1. The first-order chi connectivity index (χ1) is 12.5. The molecule has 1 aliphatic heterocycles. The second-order valence-corrected chi connectivity index (χ2v) is 8.13. The van der Waals surface area contributed by atoms with E-state index in [0.29, 0.717) is 37.1 Å². The maximum atomic E-state index is 12.8. The molecule has 1 N–H and O–H groups in total. The third-order valence-corrected chi connectivity index (χ3v) is 6.17. The van der Waals surface area contributed by atoms with Crippen molar-refractivity contribution in [2.45, 2.75) is 30.2 Å². The predicted molar refractivity (Wildman–Crippen MR) is 96.3 cm³/mol. The van der Waals surface area contributed by atoms with Gasteiger partial charge in [-0.15, -0.1) is 0 Å². The van der Waals surface area contributed by atoms with Crippen LogP contribution in [-0.2, 0) is 15.6 Å². The first kappa shape index (κ1) is 17.2. The summed E-state index contributed by atoms with van der Waals surface area (Å²) in [5.41, 5.74) is 0.323. The van der Waals surface area contributed by atoms with Crippen LogP contribution in [-0.4, -0.2) is 28.2 Å². The first-order valence-corrected chi connectivity index (χ1v) is 10.2. The summed E-state index contributed by atoms with van der Waals surface area (Å²) in [6.07, 6.45) is 1.51. The Morgan fingerprint density at radius 3 is 2.38 bits per heavy atom. The van der Waals surface area contributed by atoms with Crippen LogP contribution in [0.4, 0.5) is 0 Å². The molecule has 6 nitrogen and oxygen atoms in total. The zero-order valence-corrected chi connectivity index (χ0v) is 15.3. The summed E-state index contributed by atoms with van der Waals surface area (Å²) in [6.45, 7) is 3.46. The molecule has 7 heteroatoms. The van der Waals surface area contributed by atoms with E-state index in [0.717, 1.165) is 18.4 Å². The molecule has 1 fully saturated rings. The Labute approximate surface area is 153 Å². The van der Waals surface area contributed by atoms with E-state index in [1.165, 1.54) is 0 Å². The third kappa shape index (κ3) is 3.24. The van der Waals surface area contributed by atoms with Crippen LogP contribution >= 0.6 is 0 Å². The second-order valence-electron chi connectivity index (χ2n) is 6.45. The highest BCUT2D eigenvalue weighted by atomic mass is 32.2. The fraction of sp³-hybridized carbons (Fsp3) is 0.368. The molecule has 138 valence electrons. The molecule has 2 aliphatic rings. The minimum Gasteiger partial charge on any atom is -0.494 e. The van der Waals surface area contributed by atoms with Crippen LogP contribution in [0.15, 0.2) is 47.4 Å². The molecule has 0 radical (unpaired) electrons. The van der Waals surface area contributed by atoms with E-state index in [9.17, 15) is 8.42 Å². The van der Waals surface area contributed by atoms with Gasteiger partial charge in [0.25, 0.3) is 0 Å². The van der Waals surface area contributed by atoms with Crippen LogP contribution in [0, 0.1) is 0 Å². The van der Waals surface area contributed by atoms with Gasteiger partial charge in [0.05, 0.1) is 17.0 Å². The molecule has 1 saturated carbocycles. The summed E-state index contributed by atoms with van der Waals surface area (Å²) in [7, 11) is -3.63. The van der Waals surface area contributed by atoms with Crippen molar-refractivity contribution in [2.75, 3.05) is 19.8 Å². The van der Waals surface area contributed by atoms with E-state index in [4.69, 9.17) is 14.2 Å². The quantitative estimate of drug-likeness (QED) is 0.840. The van der Waals surface area contributed by atoms with Gasteiger partial charge in [-0.05, 0) is 61.7 Å². The van der Waals surface area contributed by atoms with Crippen molar-refractivity contribution in [2.24, 2.45) is 0 Å². The van der Waals surface area contributed by atoms with E-state index < -0.39 is 15.6 Å². The molecular formula is C19H21NO5S. The van der Waals surface area contributed by atoms with Gasteiger partial charge in [0.15, 0.2) is 11.5 Å². The van der Waals surface area contributed by atoms with Crippen molar-refractivity contribution in [1.82, 2.24) is 4.72 Å². The third-order valence-electron chi connectivity index (χ3n) is 4.62. The van der Waals surface area contributed by atoms with Gasteiger partial charge in [-0.1, -0.05) is 6.07 Å². The Balaban J connectivity index is 1.57. The SMILES string of the molecule is CCOc1ccc(S(=O)(=O)NC2(c3ccc4c(c3)OCCO4)CC2)cc1. The lowest BCUT2D eigenvalue weighted by Gasteiger charge is -2.22. The van der Waals surface area contributed by atoms with Crippen LogP contribution in [0.1, 0.15) is 25.3 Å². The zero-order chi connectivity index (χ0) is 18.2. The summed E-state index contributed by atoms with van der Waals surface area (Å²) >= 11 is 0. The largest absolute Gasteiger partial charge is 0.494 e. The van der Waals surface area contributed by atoms with Gasteiger partial charge in [-0.3, -0.25) is 0 Å². The minimum absolute atomic E-state index is 0.227. The van der Waals surface area contributed by atoms with Crippen LogP contribution in [0.2, 0.25) is 0 Å². The van der Waals surface area contributed by atoms with Gasteiger partial charge in [0.2, 0.25) is 10.0 Å². The van der Waals surface area contributed by atoms with E-state index in [1.807, 2.05) is 25.1 Å². The zero-order valence-electron chi connectivity index (χ0n) is 14.5. The molecular weight excluding hydrogens is 354 g/mol. The van der Waals surface area contributed by atoms with Crippen molar-refractivity contribution in [3.05, 3.63) is 48.0 Å². The smallest absolute Gasteiger partial charge is 0.241 e. The average Bonchev–Trinajstić information content (AvgIpc) is 3.42. The van der Waals surface area contributed by atoms with E-state index in [2.05, 4.69) is 4.72 Å². The topological polar surface area (TPSA) is 73.9 Å². The molecule has 1 heterocycles. The molecule has 0 bridgehead atoms. The fourth-order valence-corrected chi connectivity index (χ4v) is 4.56. The average molecular weight is 375 g/mol. The number of rotatable bonds is 6. The maximum Gasteiger partial charge on any atom is 0.241 e. The summed E-state index contributed by atoms with van der Waals surface area (Å²) in [5.74, 6) is 2.02. The van der Waals surface area contributed by atoms with E-state index in [1.54, 1.807) is 24.3 Å². The lowest BCUT2D eigenvalue weighted by molar-refractivity contribution is 0.171. The summed E-state index contributed by atoms with van der Waals surface area (Å²) in [5, 5.41) is 0. The highest BCUT2D eigenvalue weighted by Gasteiger charge is 2.48. The van der Waals surface area contributed by atoms with Gasteiger partial charge >= 0.3 is 0 Å². The molecule has 0 unspecified atom stereocenters. The Bertz CT molecular complexity index is 904. The fourth-order valence-electron chi connectivity index (χ4n) is 3.11. The summed E-state index contributed by atoms with van der Waals surface area (Å²) < 4.78 is 45.0. The molecule has 0 spiro atoms. The van der Waals surface area contributed by atoms with Crippen molar-refractivity contribution >= 4 is 10.0 Å². The molecule has 0 atom stereocenters. The second kappa shape index (κ2) is 6.48. The lowest BCUT2D eigenvalue weighted by atomic mass is 10.1. The lowest BCUT2D eigenvalue weighted by Crippen LogP contribution is -2.35. The molecule has 4 rings (SSSR count). The normalized spacial score (nSPS) is 17.6. The maximum absolute atomic E-state index is 12.8. The van der Waals surface area contributed by atoms with Crippen molar-refractivity contribution in [1.29, 1.82) is 0 Å².